The van der Waals surface area contributed by atoms with Crippen molar-refractivity contribution in [1.82, 2.24) is 4.98 Å². The Hall–Kier alpha value is -1.90. The number of hydrogen-bond donors (Lipinski definition) is 1. The van der Waals surface area contributed by atoms with E-state index in [4.69, 9.17) is 10.00 Å². The molecule has 18 heavy (non-hydrogen) atoms. The highest BCUT2D eigenvalue weighted by Gasteiger charge is 2.04. The van der Waals surface area contributed by atoms with Crippen LogP contribution in [0.3, 0.4) is 0 Å². The molecule has 0 radical (unpaired) electrons. The SMILES string of the molecule is COCCNc1ncc(-c2cccc(C#N)c2)s1. The fraction of sp³-hybridized carbons (Fsp3) is 0.231. The van der Waals surface area contributed by atoms with Crippen LogP contribution in [0.1, 0.15) is 5.56 Å². The Morgan fingerprint density at radius 3 is 3.17 bits per heavy atom. The molecule has 0 spiro atoms. The van der Waals surface area contributed by atoms with Crippen LogP contribution >= 0.6 is 11.3 Å². The van der Waals surface area contributed by atoms with Gasteiger partial charge in [-0.2, -0.15) is 5.26 Å². The van der Waals surface area contributed by atoms with Crippen molar-refractivity contribution in [3.05, 3.63) is 36.0 Å². The molecule has 1 heterocycles. The minimum Gasteiger partial charge on any atom is -0.383 e. The van der Waals surface area contributed by atoms with Crippen LogP contribution in [0.2, 0.25) is 0 Å². The third-order valence-corrected chi connectivity index (χ3v) is 3.37. The van der Waals surface area contributed by atoms with Crippen LogP contribution in [0.25, 0.3) is 10.4 Å². The highest BCUT2D eigenvalue weighted by atomic mass is 32.1. The summed E-state index contributed by atoms with van der Waals surface area (Å²) in [6.45, 7) is 1.39. The summed E-state index contributed by atoms with van der Waals surface area (Å²) in [6, 6.07) is 9.66. The maximum Gasteiger partial charge on any atom is 0.183 e. The van der Waals surface area contributed by atoms with Crippen molar-refractivity contribution >= 4 is 16.5 Å². The molecule has 1 aromatic heterocycles. The van der Waals surface area contributed by atoms with Crippen molar-refractivity contribution in [3.63, 3.8) is 0 Å². The van der Waals surface area contributed by atoms with Crippen molar-refractivity contribution in [2.45, 2.75) is 0 Å². The van der Waals surface area contributed by atoms with Gasteiger partial charge in [-0.25, -0.2) is 4.98 Å². The molecule has 0 saturated carbocycles. The lowest BCUT2D eigenvalue weighted by Crippen LogP contribution is -2.06. The van der Waals surface area contributed by atoms with Crippen molar-refractivity contribution in [2.75, 3.05) is 25.6 Å². The number of nitriles is 1. The number of hydrogen-bond acceptors (Lipinski definition) is 5. The molecule has 0 aliphatic heterocycles. The van der Waals surface area contributed by atoms with E-state index >= 15 is 0 Å². The van der Waals surface area contributed by atoms with Gasteiger partial charge in [0.1, 0.15) is 0 Å². The van der Waals surface area contributed by atoms with E-state index in [1.807, 2.05) is 24.4 Å². The van der Waals surface area contributed by atoms with Gasteiger partial charge in [-0.05, 0) is 17.7 Å². The number of ether oxygens (including phenoxy) is 1. The van der Waals surface area contributed by atoms with Crippen LogP contribution in [0, 0.1) is 11.3 Å². The first-order valence-electron chi connectivity index (χ1n) is 5.52. The lowest BCUT2D eigenvalue weighted by atomic mass is 10.1. The second-order valence-electron chi connectivity index (χ2n) is 3.64. The molecule has 1 aromatic carbocycles. The summed E-state index contributed by atoms with van der Waals surface area (Å²) in [4.78, 5) is 5.34. The molecule has 0 unspecified atom stereocenters. The Morgan fingerprint density at radius 1 is 1.50 bits per heavy atom. The molecule has 2 rings (SSSR count). The van der Waals surface area contributed by atoms with E-state index in [9.17, 15) is 0 Å². The molecular formula is C13H13N3OS. The average molecular weight is 259 g/mol. The number of rotatable bonds is 5. The maximum atomic E-state index is 8.87. The van der Waals surface area contributed by atoms with E-state index in [0.717, 1.165) is 22.1 Å². The van der Waals surface area contributed by atoms with Gasteiger partial charge in [0.15, 0.2) is 5.13 Å². The van der Waals surface area contributed by atoms with Gasteiger partial charge in [0.2, 0.25) is 0 Å². The number of anilines is 1. The topological polar surface area (TPSA) is 57.9 Å². The Morgan fingerprint density at radius 2 is 2.39 bits per heavy atom. The standard InChI is InChI=1S/C13H13N3OS/c1-17-6-5-15-13-16-9-12(18-13)11-4-2-3-10(7-11)8-14/h2-4,7,9H,5-6H2,1H3,(H,15,16). The van der Waals surface area contributed by atoms with E-state index in [1.165, 1.54) is 0 Å². The highest BCUT2D eigenvalue weighted by molar-refractivity contribution is 7.18. The molecule has 0 fully saturated rings. The number of nitrogens with one attached hydrogen (secondary N) is 1. The maximum absolute atomic E-state index is 8.87. The smallest absolute Gasteiger partial charge is 0.183 e. The number of benzene rings is 1. The van der Waals surface area contributed by atoms with Crippen LogP contribution in [-0.2, 0) is 4.74 Å². The zero-order valence-corrected chi connectivity index (χ0v) is 10.8. The molecule has 1 N–H and O–H groups in total. The summed E-state index contributed by atoms with van der Waals surface area (Å²) in [5.74, 6) is 0. The first kappa shape index (κ1) is 12.6. The summed E-state index contributed by atoms with van der Waals surface area (Å²) in [5.41, 5.74) is 1.68. The second kappa shape index (κ2) is 6.15. The van der Waals surface area contributed by atoms with Gasteiger partial charge < -0.3 is 10.1 Å². The number of thiazole rings is 1. The van der Waals surface area contributed by atoms with Crippen LogP contribution in [0.4, 0.5) is 5.13 Å². The van der Waals surface area contributed by atoms with Gasteiger partial charge in [0.05, 0.1) is 23.1 Å². The third-order valence-electron chi connectivity index (χ3n) is 2.36. The minimum absolute atomic E-state index is 0.652. The molecule has 5 heteroatoms. The molecular weight excluding hydrogens is 246 g/mol. The fourth-order valence-corrected chi connectivity index (χ4v) is 2.33. The summed E-state index contributed by atoms with van der Waals surface area (Å²) < 4.78 is 4.96. The first-order chi connectivity index (χ1) is 8.83. The predicted molar refractivity (Wildman–Crippen MR) is 72.6 cm³/mol. The summed E-state index contributed by atoms with van der Waals surface area (Å²) in [5, 5.41) is 12.9. The molecule has 0 amide bonds. The first-order valence-corrected chi connectivity index (χ1v) is 6.34. The monoisotopic (exact) mass is 259 g/mol. The van der Waals surface area contributed by atoms with Crippen molar-refractivity contribution in [3.8, 4) is 16.5 Å². The zero-order valence-electron chi connectivity index (χ0n) is 10.0. The van der Waals surface area contributed by atoms with E-state index < -0.39 is 0 Å². The van der Waals surface area contributed by atoms with E-state index in [2.05, 4.69) is 16.4 Å². The van der Waals surface area contributed by atoms with Crippen molar-refractivity contribution < 1.29 is 4.74 Å². The molecule has 0 atom stereocenters. The Bertz CT molecular complexity index is 559. The number of methoxy groups -OCH3 is 1. The number of nitrogens with zero attached hydrogens (tertiary/aromatic N) is 2. The summed E-state index contributed by atoms with van der Waals surface area (Å²) in [7, 11) is 1.67. The Balaban J connectivity index is 2.11. The normalized spacial score (nSPS) is 10.0. The van der Waals surface area contributed by atoms with Gasteiger partial charge >= 0.3 is 0 Å². The second-order valence-corrected chi connectivity index (χ2v) is 4.67. The average Bonchev–Trinajstić information content (AvgIpc) is 2.88. The predicted octanol–water partition coefficient (Wildman–Crippen LogP) is 2.74. The quantitative estimate of drug-likeness (QED) is 0.839. The summed E-state index contributed by atoms with van der Waals surface area (Å²) in [6.07, 6.45) is 1.82. The van der Waals surface area contributed by atoms with Crippen LogP contribution < -0.4 is 5.32 Å². The van der Waals surface area contributed by atoms with E-state index in [1.54, 1.807) is 24.5 Å². The molecule has 0 aliphatic carbocycles. The lowest BCUT2D eigenvalue weighted by Gasteiger charge is -2.00. The van der Waals surface area contributed by atoms with E-state index in [-0.39, 0.29) is 0 Å². The van der Waals surface area contributed by atoms with Crippen LogP contribution in [0.5, 0.6) is 0 Å². The largest absolute Gasteiger partial charge is 0.383 e. The molecule has 92 valence electrons. The van der Waals surface area contributed by atoms with Gasteiger partial charge in [-0.15, -0.1) is 0 Å². The molecule has 4 nitrogen and oxygen atoms in total. The minimum atomic E-state index is 0.652. The fourth-order valence-electron chi connectivity index (χ4n) is 1.49. The molecule has 2 aromatic rings. The van der Waals surface area contributed by atoms with Crippen LogP contribution in [-0.4, -0.2) is 25.2 Å². The van der Waals surface area contributed by atoms with Gasteiger partial charge in [0, 0.05) is 19.9 Å². The van der Waals surface area contributed by atoms with E-state index in [0.29, 0.717) is 12.2 Å². The molecule has 0 saturated heterocycles. The van der Waals surface area contributed by atoms with Gasteiger partial charge in [-0.3, -0.25) is 0 Å². The Labute approximate surface area is 110 Å². The van der Waals surface area contributed by atoms with Crippen molar-refractivity contribution in [2.24, 2.45) is 0 Å². The zero-order chi connectivity index (χ0) is 12.8. The Kier molecular flexibility index (Phi) is 4.29. The molecule has 0 bridgehead atoms. The highest BCUT2D eigenvalue weighted by Crippen LogP contribution is 2.29. The van der Waals surface area contributed by atoms with Crippen molar-refractivity contribution in [1.29, 1.82) is 5.26 Å². The number of aromatic nitrogens is 1. The summed E-state index contributed by atoms with van der Waals surface area (Å²) >= 11 is 1.57. The molecule has 0 aliphatic rings. The van der Waals surface area contributed by atoms with Gasteiger partial charge in [-0.1, -0.05) is 23.5 Å². The van der Waals surface area contributed by atoms with Crippen LogP contribution in [0.15, 0.2) is 30.5 Å². The lowest BCUT2D eigenvalue weighted by molar-refractivity contribution is 0.211. The third kappa shape index (κ3) is 3.06. The van der Waals surface area contributed by atoms with Gasteiger partial charge in [0.25, 0.3) is 0 Å².